The minimum Gasteiger partial charge on any atom is -0.308 e. The first-order valence-electron chi connectivity index (χ1n) is 17.4. The molecule has 10 N–H and O–H groups in total. The van der Waals surface area contributed by atoms with E-state index in [2.05, 4.69) is 52.1 Å². The number of H-pyrrole nitrogens is 4. The molecule has 2 aliphatic carbocycles. The van der Waals surface area contributed by atoms with Gasteiger partial charge in [0.2, 0.25) is 11.6 Å². The van der Waals surface area contributed by atoms with Crippen LogP contribution in [-0.2, 0) is 20.2 Å². The molecular weight excluding hydrogens is 857 g/mol. The van der Waals surface area contributed by atoms with Gasteiger partial charge in [0.25, 0.3) is 42.5 Å². The Bertz CT molecular complexity index is 3400. The van der Waals surface area contributed by atoms with Crippen LogP contribution in [0.2, 0.25) is 0 Å². The van der Waals surface area contributed by atoms with Gasteiger partial charge in [0.1, 0.15) is 9.81 Å². The summed E-state index contributed by atoms with van der Waals surface area (Å²) < 4.78 is 69.9. The third-order valence-corrected chi connectivity index (χ3v) is 11.1. The first kappa shape index (κ1) is 40.4. The van der Waals surface area contributed by atoms with Crippen molar-refractivity contribution in [3.05, 3.63) is 146 Å². The van der Waals surface area contributed by atoms with E-state index in [0.717, 1.165) is 12.2 Å². The number of benzene rings is 4. The van der Waals surface area contributed by atoms with Gasteiger partial charge in [-0.1, -0.05) is 12.1 Å². The van der Waals surface area contributed by atoms with Gasteiger partial charge in [-0.2, -0.15) is 27.0 Å². The molecule has 0 saturated heterocycles. The molecule has 2 aliphatic rings. The first-order valence-corrected chi connectivity index (χ1v) is 20.3. The van der Waals surface area contributed by atoms with Gasteiger partial charge in [0.15, 0.2) is 11.4 Å². The quantitative estimate of drug-likeness (QED) is 0.0774. The summed E-state index contributed by atoms with van der Waals surface area (Å²) in [6.45, 7) is 0. The van der Waals surface area contributed by atoms with E-state index in [1.54, 1.807) is 0 Å². The number of aromatic amines is 4. The van der Waals surface area contributed by atoms with Crippen molar-refractivity contribution in [3.8, 4) is 0 Å². The van der Waals surface area contributed by atoms with E-state index in [1.807, 2.05) is 0 Å². The summed E-state index contributed by atoms with van der Waals surface area (Å²) in [6.07, 6.45) is 1.84. The number of rotatable bonds is 8. The normalized spacial score (nSPS) is 15.2. The Morgan fingerprint density at radius 3 is 1.31 bits per heavy atom. The number of nitrogens with zero attached hydrogens (tertiary/aromatic N) is 2. The van der Waals surface area contributed by atoms with Gasteiger partial charge in [-0.25, -0.2) is 4.79 Å². The summed E-state index contributed by atoms with van der Waals surface area (Å²) >= 11 is 0. The van der Waals surface area contributed by atoms with Crippen LogP contribution < -0.4 is 43.7 Å². The van der Waals surface area contributed by atoms with E-state index in [1.165, 1.54) is 72.8 Å². The number of urea groups is 1. The molecule has 25 heteroatoms. The average molecular weight is 881 g/mol. The lowest BCUT2D eigenvalue weighted by molar-refractivity contribution is 0.105. The molecule has 312 valence electrons. The van der Waals surface area contributed by atoms with Crippen LogP contribution in [0, 0.1) is 0 Å². The van der Waals surface area contributed by atoms with Gasteiger partial charge in [-0.3, -0.25) is 69.1 Å². The fourth-order valence-corrected chi connectivity index (χ4v) is 7.92. The van der Waals surface area contributed by atoms with Crippen molar-refractivity contribution in [2.24, 2.45) is 10.2 Å². The highest BCUT2D eigenvalue weighted by atomic mass is 32.2. The highest BCUT2D eigenvalue weighted by molar-refractivity contribution is 7.91. The topological polar surface area (TPSA) is 364 Å². The number of hydrogen-bond donors (Lipinski definition) is 10. The van der Waals surface area contributed by atoms with Crippen molar-refractivity contribution in [1.82, 2.24) is 20.4 Å². The second-order valence-corrected chi connectivity index (χ2v) is 16.0. The molecule has 0 unspecified atom stereocenters. The van der Waals surface area contributed by atoms with Gasteiger partial charge in [0.05, 0.1) is 32.9 Å². The second-order valence-electron chi connectivity index (χ2n) is 13.2. The first-order chi connectivity index (χ1) is 29.4. The van der Waals surface area contributed by atoms with Crippen LogP contribution in [0.25, 0.3) is 33.7 Å². The van der Waals surface area contributed by atoms with Crippen LogP contribution in [0.3, 0.4) is 0 Å². The molecule has 0 aliphatic heterocycles. The van der Waals surface area contributed by atoms with Crippen molar-refractivity contribution in [2.45, 2.75) is 0 Å². The monoisotopic (exact) mass is 880 g/mol. The Balaban J connectivity index is 1.03. The fraction of sp³-hybridized carbons (Fsp3) is 0. The zero-order valence-corrected chi connectivity index (χ0v) is 32.3. The van der Waals surface area contributed by atoms with Crippen molar-refractivity contribution >= 4 is 106 Å². The number of carbonyl (C=O) groups is 3. The van der Waals surface area contributed by atoms with E-state index >= 15 is 0 Å². The van der Waals surface area contributed by atoms with Crippen LogP contribution in [0.15, 0.2) is 112 Å². The number of aromatic nitrogens is 4. The number of ketones is 2. The number of nitrogens with one attached hydrogen (secondary N) is 8. The molecule has 6 aromatic rings. The molecular formula is C37H24N10O13S2. The van der Waals surface area contributed by atoms with Crippen LogP contribution in [0.1, 0.15) is 31.8 Å². The maximum Gasteiger partial charge on any atom is 0.323 e. The van der Waals surface area contributed by atoms with Crippen molar-refractivity contribution < 1.29 is 40.3 Å². The molecule has 0 atom stereocenters. The average Bonchev–Trinajstić information content (AvgIpc) is 3.21. The number of carbonyl (C=O) groups excluding carboxylic acids is 3. The summed E-state index contributed by atoms with van der Waals surface area (Å²) in [4.78, 5) is 87.7. The Labute approximate surface area is 343 Å². The standard InChI is InChI=1S/C37H24N10O13S2/c48-31-19-9-7-17(11-15(19)13-25(61(55,56)57)29(31)42-40-23-5-1-3-21-27(23)35(52)46-44-33(21)50)38-37(54)39-18-8-10-20-16(12-18)14-26(62(58,59)60)30(32(20)49)43-41-24-6-2-4-22-28(24)36(53)47-45-34(22)51/h1-14,40-41H,(H,44,50)(H,45,51)(H,46,52)(H,47,53)(H2,38,39,54)(H,55,56,57)(H,58,59,60)/b42-29-,43-30-. The molecule has 4 aromatic carbocycles. The Hall–Kier alpha value is -8.39. The molecule has 23 nitrogen and oxygen atoms in total. The zero-order valence-electron chi connectivity index (χ0n) is 30.7. The van der Waals surface area contributed by atoms with Crippen LogP contribution in [-0.4, -0.2) is 75.4 Å². The summed E-state index contributed by atoms with van der Waals surface area (Å²) in [6, 6.07) is 14.8. The lowest BCUT2D eigenvalue weighted by atomic mass is 9.94. The highest BCUT2D eigenvalue weighted by Crippen LogP contribution is 2.31. The maximum absolute atomic E-state index is 13.5. The number of hydrazone groups is 2. The zero-order chi connectivity index (χ0) is 44.2. The molecule has 2 heterocycles. The van der Waals surface area contributed by atoms with Gasteiger partial charge < -0.3 is 10.6 Å². The van der Waals surface area contributed by atoms with E-state index in [9.17, 15) is 59.5 Å². The van der Waals surface area contributed by atoms with Gasteiger partial charge in [-0.15, -0.1) is 0 Å². The van der Waals surface area contributed by atoms with Crippen molar-refractivity contribution in [3.63, 3.8) is 0 Å². The summed E-state index contributed by atoms with van der Waals surface area (Å²) in [7, 11) is -10.2. The summed E-state index contributed by atoms with van der Waals surface area (Å²) in [5.74, 6) is -1.95. The van der Waals surface area contributed by atoms with Crippen LogP contribution >= 0.6 is 0 Å². The molecule has 0 spiro atoms. The van der Waals surface area contributed by atoms with E-state index in [0.29, 0.717) is 0 Å². The molecule has 2 amide bonds. The molecule has 8 rings (SSSR count). The third kappa shape index (κ3) is 7.41. The van der Waals surface area contributed by atoms with Crippen LogP contribution in [0.5, 0.6) is 0 Å². The molecule has 0 saturated carbocycles. The molecule has 0 radical (unpaired) electrons. The van der Waals surface area contributed by atoms with Crippen molar-refractivity contribution in [2.75, 3.05) is 21.5 Å². The smallest absolute Gasteiger partial charge is 0.308 e. The van der Waals surface area contributed by atoms with Crippen molar-refractivity contribution in [1.29, 1.82) is 0 Å². The Kier molecular flexibility index (Phi) is 9.78. The fourth-order valence-electron chi connectivity index (χ4n) is 6.61. The van der Waals surface area contributed by atoms with Crippen LogP contribution in [0.4, 0.5) is 27.5 Å². The molecule has 62 heavy (non-hydrogen) atoms. The summed E-state index contributed by atoms with van der Waals surface area (Å²) in [5, 5.41) is 21.0. The second kappa shape index (κ2) is 15.0. The number of hydrogen-bond acceptors (Lipinski definition) is 15. The SMILES string of the molecule is O=C(Nc1ccc2c(c1)C=C(S(=O)(=O)O)/C(=N/Nc1cccc3c(=O)[nH][nH]c(=O)c13)C2=O)Nc1ccc2c(c1)C=C(S(=O)(=O)O)/C(=N/Nc1cccc3c(=O)[nH][nH]c(=O)c13)C2=O. The number of anilines is 4. The van der Waals surface area contributed by atoms with E-state index < -0.39 is 81.3 Å². The minimum atomic E-state index is -5.11. The lowest BCUT2D eigenvalue weighted by Crippen LogP contribution is -2.28. The number of Topliss-reactive ketones (excluding diaryl/α,β-unsaturated/α-hetero) is 2. The number of fused-ring (bicyclic) bond motifs is 4. The molecule has 0 fully saturated rings. The predicted octanol–water partition coefficient (Wildman–Crippen LogP) is 2.18. The lowest BCUT2D eigenvalue weighted by Gasteiger charge is -2.18. The largest absolute Gasteiger partial charge is 0.323 e. The minimum absolute atomic E-state index is 0.0199. The third-order valence-electron chi connectivity index (χ3n) is 9.36. The van der Waals surface area contributed by atoms with E-state index in [-0.39, 0.29) is 66.5 Å². The van der Waals surface area contributed by atoms with Gasteiger partial charge >= 0.3 is 6.03 Å². The predicted molar refractivity (Wildman–Crippen MR) is 226 cm³/mol. The molecule has 2 aromatic heterocycles. The summed E-state index contributed by atoms with van der Waals surface area (Å²) in [5.41, 5.74) is 0.177. The number of allylic oxidation sites excluding steroid dienone is 2. The Morgan fingerprint density at radius 2 is 0.919 bits per heavy atom. The maximum atomic E-state index is 13.5. The Morgan fingerprint density at radius 1 is 0.532 bits per heavy atom. The van der Waals surface area contributed by atoms with Gasteiger partial charge in [-0.05, 0) is 83.9 Å². The highest BCUT2D eigenvalue weighted by Gasteiger charge is 2.35. The molecule has 0 bridgehead atoms. The van der Waals surface area contributed by atoms with E-state index in [4.69, 9.17) is 0 Å². The number of amides is 2. The van der Waals surface area contributed by atoms with Gasteiger partial charge in [0, 0.05) is 22.5 Å².